The first-order chi connectivity index (χ1) is 12.2. The summed E-state index contributed by atoms with van der Waals surface area (Å²) < 4.78 is 0. The maximum atomic E-state index is 13.0. The van der Waals surface area contributed by atoms with Gasteiger partial charge in [-0.25, -0.2) is 0 Å². The van der Waals surface area contributed by atoms with Gasteiger partial charge in [0.2, 0.25) is 0 Å². The largest absolute Gasteiger partial charge is 0.294 e. The van der Waals surface area contributed by atoms with Crippen LogP contribution in [0.3, 0.4) is 0 Å². The molecule has 0 bridgehead atoms. The number of hydrogen-bond acceptors (Lipinski definition) is 2. The van der Waals surface area contributed by atoms with Crippen molar-refractivity contribution in [3.05, 3.63) is 33.4 Å². The molecule has 0 spiro atoms. The fourth-order valence-electron chi connectivity index (χ4n) is 4.03. The SMILES string of the molecule is CCC(CC)CC(=O)c1c(C)c(C)c(C(=O)CC(CC)CC)c(C)c1C. The van der Waals surface area contributed by atoms with E-state index in [1.165, 1.54) is 0 Å². The van der Waals surface area contributed by atoms with Crippen molar-refractivity contribution >= 4 is 11.6 Å². The lowest BCUT2D eigenvalue weighted by atomic mass is 9.81. The van der Waals surface area contributed by atoms with Gasteiger partial charge in [0.05, 0.1) is 0 Å². The molecular formula is C24H38O2. The number of hydrogen-bond donors (Lipinski definition) is 0. The van der Waals surface area contributed by atoms with Crippen molar-refractivity contribution in [3.63, 3.8) is 0 Å². The van der Waals surface area contributed by atoms with Gasteiger partial charge in [-0.1, -0.05) is 53.4 Å². The Kier molecular flexibility index (Phi) is 8.73. The minimum Gasteiger partial charge on any atom is -0.294 e. The molecule has 0 fully saturated rings. The number of benzene rings is 1. The molecule has 0 atom stereocenters. The monoisotopic (exact) mass is 358 g/mol. The molecule has 0 saturated heterocycles. The van der Waals surface area contributed by atoms with E-state index in [0.717, 1.165) is 59.1 Å². The van der Waals surface area contributed by atoms with Crippen molar-refractivity contribution in [2.45, 2.75) is 93.9 Å². The summed E-state index contributed by atoms with van der Waals surface area (Å²) in [6, 6.07) is 0. The van der Waals surface area contributed by atoms with Crippen molar-refractivity contribution in [2.24, 2.45) is 11.8 Å². The average molecular weight is 359 g/mol. The van der Waals surface area contributed by atoms with Crippen LogP contribution in [0.2, 0.25) is 0 Å². The van der Waals surface area contributed by atoms with Gasteiger partial charge in [-0.2, -0.15) is 0 Å². The first-order valence-electron chi connectivity index (χ1n) is 10.4. The molecule has 0 aliphatic rings. The Bertz CT molecular complexity index is 561. The molecule has 0 amide bonds. The van der Waals surface area contributed by atoms with Gasteiger partial charge in [-0.05, 0) is 61.8 Å². The van der Waals surface area contributed by atoms with Gasteiger partial charge in [0.25, 0.3) is 0 Å². The summed E-state index contributed by atoms with van der Waals surface area (Å²) in [6.07, 6.45) is 5.34. The van der Waals surface area contributed by atoms with E-state index in [0.29, 0.717) is 24.7 Å². The standard InChI is InChI=1S/C24H38O2/c1-9-19(10-2)13-21(25)23-15(5)17(7)24(18(8)16(23)6)22(26)14-20(11-3)12-4/h19-20H,9-14H2,1-8H3. The lowest BCUT2D eigenvalue weighted by molar-refractivity contribution is 0.0944. The Hall–Kier alpha value is -1.44. The van der Waals surface area contributed by atoms with E-state index >= 15 is 0 Å². The van der Waals surface area contributed by atoms with Crippen LogP contribution in [0.15, 0.2) is 0 Å². The van der Waals surface area contributed by atoms with Crippen molar-refractivity contribution in [1.29, 1.82) is 0 Å². The van der Waals surface area contributed by atoms with E-state index in [9.17, 15) is 9.59 Å². The van der Waals surface area contributed by atoms with Crippen LogP contribution in [0.4, 0.5) is 0 Å². The third-order valence-electron chi connectivity index (χ3n) is 6.44. The third-order valence-corrected chi connectivity index (χ3v) is 6.44. The number of Topliss-reactive ketones (excluding diaryl/α,β-unsaturated/α-hetero) is 2. The van der Waals surface area contributed by atoms with Crippen LogP contribution < -0.4 is 0 Å². The van der Waals surface area contributed by atoms with Crippen LogP contribution in [-0.4, -0.2) is 11.6 Å². The van der Waals surface area contributed by atoms with Crippen molar-refractivity contribution in [1.82, 2.24) is 0 Å². The van der Waals surface area contributed by atoms with Gasteiger partial charge < -0.3 is 0 Å². The zero-order valence-corrected chi connectivity index (χ0v) is 18.2. The number of carbonyl (C=O) groups excluding carboxylic acids is 2. The second-order valence-corrected chi connectivity index (χ2v) is 7.87. The molecule has 0 radical (unpaired) electrons. The summed E-state index contributed by atoms with van der Waals surface area (Å²) >= 11 is 0. The maximum Gasteiger partial charge on any atom is 0.163 e. The van der Waals surface area contributed by atoms with E-state index in [1.54, 1.807) is 0 Å². The Balaban J connectivity index is 3.33. The van der Waals surface area contributed by atoms with E-state index in [4.69, 9.17) is 0 Å². The predicted octanol–water partition coefficient (Wildman–Crippen LogP) is 6.94. The minimum atomic E-state index is 0.235. The summed E-state index contributed by atoms with van der Waals surface area (Å²) in [7, 11) is 0. The summed E-state index contributed by atoms with van der Waals surface area (Å²) in [5.41, 5.74) is 5.69. The van der Waals surface area contributed by atoms with Crippen molar-refractivity contribution < 1.29 is 9.59 Å². The van der Waals surface area contributed by atoms with Gasteiger partial charge in [0.1, 0.15) is 0 Å². The highest BCUT2D eigenvalue weighted by Gasteiger charge is 2.24. The van der Waals surface area contributed by atoms with E-state index in [2.05, 4.69) is 27.7 Å². The van der Waals surface area contributed by atoms with Crippen LogP contribution in [0, 0.1) is 39.5 Å². The number of carbonyl (C=O) groups is 2. The maximum absolute atomic E-state index is 13.0. The summed E-state index contributed by atoms with van der Waals surface area (Å²) in [5, 5.41) is 0. The molecule has 1 aromatic rings. The highest BCUT2D eigenvalue weighted by molar-refractivity contribution is 6.04. The Morgan fingerprint density at radius 2 is 0.808 bits per heavy atom. The lowest BCUT2D eigenvalue weighted by Crippen LogP contribution is -2.17. The van der Waals surface area contributed by atoms with Crippen LogP contribution >= 0.6 is 0 Å². The molecule has 26 heavy (non-hydrogen) atoms. The molecule has 146 valence electrons. The summed E-state index contributed by atoms with van der Waals surface area (Å²) in [5.74, 6) is 1.36. The van der Waals surface area contributed by atoms with E-state index < -0.39 is 0 Å². The van der Waals surface area contributed by atoms with Crippen LogP contribution in [0.25, 0.3) is 0 Å². The van der Waals surface area contributed by atoms with Gasteiger partial charge in [-0.3, -0.25) is 9.59 Å². The predicted molar refractivity (Wildman–Crippen MR) is 111 cm³/mol. The second kappa shape index (κ2) is 10.0. The quantitative estimate of drug-likeness (QED) is 0.425. The summed E-state index contributed by atoms with van der Waals surface area (Å²) in [6.45, 7) is 16.6. The van der Waals surface area contributed by atoms with E-state index in [-0.39, 0.29) is 11.6 Å². The van der Waals surface area contributed by atoms with Crippen LogP contribution in [-0.2, 0) is 0 Å². The highest BCUT2D eigenvalue weighted by Crippen LogP contribution is 2.31. The zero-order chi connectivity index (χ0) is 20.0. The normalized spacial score (nSPS) is 11.5. The molecule has 0 N–H and O–H groups in total. The Labute approximate surface area is 160 Å². The Morgan fingerprint density at radius 3 is 1.00 bits per heavy atom. The first kappa shape index (κ1) is 22.6. The molecule has 0 unspecified atom stereocenters. The van der Waals surface area contributed by atoms with Gasteiger partial charge >= 0.3 is 0 Å². The second-order valence-electron chi connectivity index (χ2n) is 7.87. The molecular weight excluding hydrogens is 320 g/mol. The minimum absolute atomic E-state index is 0.235. The topological polar surface area (TPSA) is 34.1 Å². The van der Waals surface area contributed by atoms with Crippen molar-refractivity contribution in [3.8, 4) is 0 Å². The number of rotatable bonds is 10. The molecule has 1 aromatic carbocycles. The zero-order valence-electron chi connectivity index (χ0n) is 18.2. The lowest BCUT2D eigenvalue weighted by Gasteiger charge is -2.21. The fourth-order valence-corrected chi connectivity index (χ4v) is 4.03. The highest BCUT2D eigenvalue weighted by atomic mass is 16.1. The molecule has 2 heteroatoms. The van der Waals surface area contributed by atoms with Crippen molar-refractivity contribution in [2.75, 3.05) is 0 Å². The molecule has 0 saturated carbocycles. The van der Waals surface area contributed by atoms with Crippen LogP contribution in [0.5, 0.6) is 0 Å². The molecule has 0 aliphatic heterocycles. The molecule has 0 heterocycles. The van der Waals surface area contributed by atoms with Crippen LogP contribution in [0.1, 0.15) is 109 Å². The molecule has 1 rings (SSSR count). The average Bonchev–Trinajstić information content (AvgIpc) is 2.62. The molecule has 2 nitrogen and oxygen atoms in total. The van der Waals surface area contributed by atoms with Gasteiger partial charge in [0.15, 0.2) is 11.6 Å². The molecule has 0 aromatic heterocycles. The first-order valence-corrected chi connectivity index (χ1v) is 10.4. The number of ketones is 2. The van der Waals surface area contributed by atoms with E-state index in [1.807, 2.05) is 27.7 Å². The summed E-state index contributed by atoms with van der Waals surface area (Å²) in [4.78, 5) is 26.0. The fraction of sp³-hybridized carbons (Fsp3) is 0.667. The van der Waals surface area contributed by atoms with Gasteiger partial charge in [-0.15, -0.1) is 0 Å². The Morgan fingerprint density at radius 1 is 0.577 bits per heavy atom. The smallest absolute Gasteiger partial charge is 0.163 e. The third kappa shape index (κ3) is 4.84. The molecule has 0 aliphatic carbocycles. The van der Waals surface area contributed by atoms with Gasteiger partial charge in [0, 0.05) is 24.0 Å².